The van der Waals surface area contributed by atoms with Gasteiger partial charge < -0.3 is 20.5 Å². The van der Waals surface area contributed by atoms with Gasteiger partial charge in [-0.3, -0.25) is 9.59 Å². The van der Waals surface area contributed by atoms with E-state index in [1.54, 1.807) is 0 Å². The average Bonchev–Trinajstić information content (AvgIpc) is 3.10. The average molecular weight is 479 g/mol. The zero-order valence-electron chi connectivity index (χ0n) is 20.2. The highest BCUT2D eigenvalue weighted by Crippen LogP contribution is 2.44. The van der Waals surface area contributed by atoms with E-state index in [1.165, 1.54) is 22.3 Å². The van der Waals surface area contributed by atoms with Crippen LogP contribution < -0.4 is 10.6 Å². The van der Waals surface area contributed by atoms with Gasteiger partial charge in [0.1, 0.15) is 6.61 Å². The number of aliphatic carboxylic acids is 1. The minimum Gasteiger partial charge on any atom is -0.481 e. The van der Waals surface area contributed by atoms with Crippen molar-refractivity contribution in [3.05, 3.63) is 59.7 Å². The summed E-state index contributed by atoms with van der Waals surface area (Å²) < 4.78 is 5.55. The van der Waals surface area contributed by atoms with E-state index in [2.05, 4.69) is 34.9 Å². The summed E-state index contributed by atoms with van der Waals surface area (Å²) in [5.41, 5.74) is 4.72. The first-order valence-electron chi connectivity index (χ1n) is 12.5. The molecular formula is C28H34N2O5. The second-order valence-corrected chi connectivity index (χ2v) is 9.81. The molecule has 1 saturated carbocycles. The van der Waals surface area contributed by atoms with Crippen LogP contribution in [0, 0.1) is 11.8 Å². The zero-order valence-corrected chi connectivity index (χ0v) is 20.2. The molecule has 0 spiro atoms. The molecule has 0 heterocycles. The molecule has 0 aliphatic heterocycles. The van der Waals surface area contributed by atoms with Crippen LogP contribution in [0.2, 0.25) is 0 Å². The standard InChI is InChI=1S/C28H34N2O5/c1-18(15-26(31)30-25(16-27(32)33)19-7-6-8-19)13-14-29-28(34)35-17-24-22-11-4-2-9-20(22)21-10-3-5-12-23(21)24/h2-5,9-12,18-19,24-25H,6-8,13-17H2,1H3,(H,29,34)(H,30,31)(H,32,33). The van der Waals surface area contributed by atoms with Crippen LogP contribution in [0.4, 0.5) is 4.79 Å². The third-order valence-electron chi connectivity index (χ3n) is 7.24. The SMILES string of the molecule is CC(CCNC(=O)OCC1c2ccccc2-c2ccccc21)CC(=O)NC(CC(=O)O)C1CCC1. The summed E-state index contributed by atoms with van der Waals surface area (Å²) in [6, 6.07) is 16.1. The third kappa shape index (κ3) is 6.21. The Balaban J connectivity index is 1.18. The molecule has 2 atom stereocenters. The van der Waals surface area contributed by atoms with Crippen LogP contribution in [-0.2, 0) is 14.3 Å². The molecule has 7 nitrogen and oxygen atoms in total. The minimum atomic E-state index is -0.887. The summed E-state index contributed by atoms with van der Waals surface area (Å²) >= 11 is 0. The highest BCUT2D eigenvalue weighted by Gasteiger charge is 2.31. The number of ether oxygens (including phenoxy) is 1. The molecule has 4 rings (SSSR count). The molecule has 7 heteroatoms. The van der Waals surface area contributed by atoms with Crippen LogP contribution in [0.1, 0.15) is 62.5 Å². The van der Waals surface area contributed by atoms with Gasteiger partial charge >= 0.3 is 12.1 Å². The lowest BCUT2D eigenvalue weighted by atomic mass is 9.78. The molecule has 1 fully saturated rings. The van der Waals surface area contributed by atoms with Crippen LogP contribution >= 0.6 is 0 Å². The Bertz CT molecular complexity index is 1020. The lowest BCUT2D eigenvalue weighted by Gasteiger charge is -2.33. The summed E-state index contributed by atoms with van der Waals surface area (Å²) in [6.45, 7) is 2.63. The Hall–Kier alpha value is -3.35. The van der Waals surface area contributed by atoms with Gasteiger partial charge in [0.05, 0.1) is 6.42 Å². The van der Waals surface area contributed by atoms with Crippen molar-refractivity contribution in [1.29, 1.82) is 0 Å². The van der Waals surface area contributed by atoms with E-state index in [9.17, 15) is 14.4 Å². The molecule has 2 aromatic carbocycles. The number of nitrogens with one attached hydrogen (secondary N) is 2. The predicted molar refractivity (Wildman–Crippen MR) is 133 cm³/mol. The fourth-order valence-corrected chi connectivity index (χ4v) is 5.12. The van der Waals surface area contributed by atoms with Crippen molar-refractivity contribution in [2.75, 3.05) is 13.2 Å². The summed E-state index contributed by atoms with van der Waals surface area (Å²) in [5.74, 6) is -0.680. The van der Waals surface area contributed by atoms with E-state index < -0.39 is 12.1 Å². The maximum Gasteiger partial charge on any atom is 0.407 e. The monoisotopic (exact) mass is 478 g/mol. The number of carboxylic acid groups (broad SMARTS) is 1. The lowest BCUT2D eigenvalue weighted by molar-refractivity contribution is -0.138. The van der Waals surface area contributed by atoms with Crippen molar-refractivity contribution in [3.8, 4) is 11.1 Å². The fourth-order valence-electron chi connectivity index (χ4n) is 5.12. The molecule has 2 unspecified atom stereocenters. The van der Waals surface area contributed by atoms with E-state index in [0.717, 1.165) is 19.3 Å². The number of rotatable bonds is 11. The fraction of sp³-hybridized carbons (Fsp3) is 0.464. The maximum atomic E-state index is 12.4. The largest absolute Gasteiger partial charge is 0.481 e. The van der Waals surface area contributed by atoms with Gasteiger partial charge in [-0.2, -0.15) is 0 Å². The molecule has 2 aromatic rings. The molecular weight excluding hydrogens is 444 g/mol. The topological polar surface area (TPSA) is 105 Å². The number of carbonyl (C=O) groups excluding carboxylic acids is 2. The summed E-state index contributed by atoms with van der Waals surface area (Å²) in [4.78, 5) is 35.9. The smallest absolute Gasteiger partial charge is 0.407 e. The van der Waals surface area contributed by atoms with E-state index >= 15 is 0 Å². The number of fused-ring (bicyclic) bond motifs is 3. The van der Waals surface area contributed by atoms with E-state index in [0.29, 0.717) is 19.4 Å². The van der Waals surface area contributed by atoms with Gasteiger partial charge in [0.15, 0.2) is 0 Å². The molecule has 2 amide bonds. The molecule has 0 saturated heterocycles. The first kappa shape index (κ1) is 24.8. The number of alkyl carbamates (subject to hydrolysis) is 1. The molecule has 0 bridgehead atoms. The van der Waals surface area contributed by atoms with E-state index in [4.69, 9.17) is 9.84 Å². The van der Waals surface area contributed by atoms with Gasteiger partial charge in [-0.05, 0) is 53.4 Å². The Morgan fingerprint density at radius 2 is 1.63 bits per heavy atom. The Morgan fingerprint density at radius 3 is 2.20 bits per heavy atom. The quantitative estimate of drug-likeness (QED) is 0.434. The lowest BCUT2D eigenvalue weighted by Crippen LogP contribution is -2.44. The number of amides is 2. The van der Waals surface area contributed by atoms with Crippen molar-refractivity contribution in [3.63, 3.8) is 0 Å². The molecule has 0 aromatic heterocycles. The molecule has 186 valence electrons. The highest BCUT2D eigenvalue weighted by atomic mass is 16.5. The van der Waals surface area contributed by atoms with Crippen molar-refractivity contribution in [2.45, 2.75) is 57.4 Å². The molecule has 3 N–H and O–H groups in total. The second kappa shape index (κ2) is 11.4. The number of carboxylic acids is 1. The summed E-state index contributed by atoms with van der Waals surface area (Å²) in [5, 5.41) is 14.8. The van der Waals surface area contributed by atoms with Crippen molar-refractivity contribution in [1.82, 2.24) is 10.6 Å². The van der Waals surface area contributed by atoms with Gasteiger partial charge in [0, 0.05) is 24.9 Å². The minimum absolute atomic E-state index is 0.0187. The highest BCUT2D eigenvalue weighted by molar-refractivity contribution is 5.79. The van der Waals surface area contributed by atoms with Crippen LogP contribution in [0.3, 0.4) is 0 Å². The van der Waals surface area contributed by atoms with Crippen molar-refractivity contribution >= 4 is 18.0 Å². The van der Waals surface area contributed by atoms with Gasteiger partial charge in [0.25, 0.3) is 0 Å². The van der Waals surface area contributed by atoms with E-state index in [-0.39, 0.29) is 42.7 Å². The van der Waals surface area contributed by atoms with Gasteiger partial charge in [-0.15, -0.1) is 0 Å². The normalized spacial score (nSPS) is 16.4. The second-order valence-electron chi connectivity index (χ2n) is 9.81. The number of hydrogen-bond acceptors (Lipinski definition) is 4. The molecule has 2 aliphatic carbocycles. The van der Waals surface area contributed by atoms with Gasteiger partial charge in [-0.25, -0.2) is 4.79 Å². The van der Waals surface area contributed by atoms with Crippen LogP contribution in [0.5, 0.6) is 0 Å². The number of carbonyl (C=O) groups is 3. The first-order valence-corrected chi connectivity index (χ1v) is 12.5. The predicted octanol–water partition coefficient (Wildman–Crippen LogP) is 4.70. The van der Waals surface area contributed by atoms with E-state index in [1.807, 2.05) is 31.2 Å². The maximum absolute atomic E-state index is 12.4. The number of benzene rings is 2. The van der Waals surface area contributed by atoms with Gasteiger partial charge in [-0.1, -0.05) is 61.9 Å². The Morgan fingerprint density at radius 1 is 1.00 bits per heavy atom. The zero-order chi connectivity index (χ0) is 24.8. The van der Waals surface area contributed by atoms with Crippen LogP contribution in [-0.4, -0.2) is 42.3 Å². The first-order chi connectivity index (χ1) is 16.9. The molecule has 0 radical (unpaired) electrons. The Kier molecular flexibility index (Phi) is 8.06. The van der Waals surface area contributed by atoms with Crippen LogP contribution in [0.25, 0.3) is 11.1 Å². The van der Waals surface area contributed by atoms with Gasteiger partial charge in [0.2, 0.25) is 5.91 Å². The van der Waals surface area contributed by atoms with Crippen LogP contribution in [0.15, 0.2) is 48.5 Å². The van der Waals surface area contributed by atoms with Crippen molar-refractivity contribution < 1.29 is 24.2 Å². The van der Waals surface area contributed by atoms with Crippen molar-refractivity contribution in [2.24, 2.45) is 11.8 Å². The molecule has 2 aliphatic rings. The summed E-state index contributed by atoms with van der Waals surface area (Å²) in [7, 11) is 0. The third-order valence-corrected chi connectivity index (χ3v) is 7.24. The number of hydrogen-bond donors (Lipinski definition) is 3. The molecule has 35 heavy (non-hydrogen) atoms. The summed E-state index contributed by atoms with van der Waals surface area (Å²) in [6.07, 6.45) is 3.47. The Labute approximate surface area is 206 Å².